The zero-order valence-corrected chi connectivity index (χ0v) is 18.3. The lowest BCUT2D eigenvalue weighted by molar-refractivity contribution is 0.650. The van der Waals surface area contributed by atoms with Gasteiger partial charge >= 0.3 is 5.69 Å². The van der Waals surface area contributed by atoms with E-state index in [0.717, 1.165) is 22.0 Å². The Morgan fingerprint density at radius 1 is 1.06 bits per heavy atom. The molecule has 1 aliphatic heterocycles. The third kappa shape index (κ3) is 3.20. The summed E-state index contributed by atoms with van der Waals surface area (Å²) >= 11 is 6.79. The van der Waals surface area contributed by atoms with Crippen LogP contribution >= 0.6 is 11.6 Å². The van der Waals surface area contributed by atoms with Gasteiger partial charge in [0.15, 0.2) is 6.29 Å². The van der Waals surface area contributed by atoms with Crippen molar-refractivity contribution in [3.05, 3.63) is 92.3 Å². The van der Waals surface area contributed by atoms with Crippen molar-refractivity contribution in [3.8, 4) is 0 Å². The first kappa shape index (κ1) is 20.1. The maximum atomic E-state index is 12.7. The second kappa shape index (κ2) is 7.72. The molecule has 2 aromatic carbocycles. The minimum absolute atomic E-state index is 0.389. The Morgan fingerprint density at radius 3 is 2.59 bits per heavy atom. The second-order valence-electron chi connectivity index (χ2n) is 7.74. The normalized spacial score (nSPS) is 15.3. The van der Waals surface area contributed by atoms with Crippen LogP contribution in [0.1, 0.15) is 5.56 Å². The van der Waals surface area contributed by atoms with Crippen molar-refractivity contribution < 1.29 is 0 Å². The fraction of sp³-hybridized carbons (Fsp3) is 0.174. The van der Waals surface area contributed by atoms with Gasteiger partial charge in [0, 0.05) is 44.1 Å². The number of nitrogens with zero attached hydrogens (tertiary/aromatic N) is 4. The first-order valence-electron chi connectivity index (χ1n) is 10.1. The molecule has 0 fully saturated rings. The molecule has 0 bridgehead atoms. The van der Waals surface area contributed by atoms with E-state index in [4.69, 9.17) is 11.6 Å². The molecule has 0 amide bonds. The van der Waals surface area contributed by atoms with E-state index in [0.29, 0.717) is 23.1 Å². The monoisotopic (exact) mass is 448 g/mol. The zero-order chi connectivity index (χ0) is 22.4. The van der Waals surface area contributed by atoms with E-state index in [1.807, 2.05) is 65.4 Å². The number of anilines is 3. The molecule has 8 nitrogen and oxygen atoms in total. The molecule has 0 aliphatic carbocycles. The molecular formula is C23H21ClN6O2. The van der Waals surface area contributed by atoms with Gasteiger partial charge in [-0.05, 0) is 23.1 Å². The van der Waals surface area contributed by atoms with Crippen molar-refractivity contribution in [3.63, 3.8) is 0 Å². The van der Waals surface area contributed by atoms with E-state index < -0.39 is 17.5 Å². The van der Waals surface area contributed by atoms with Crippen molar-refractivity contribution in [2.45, 2.75) is 12.8 Å². The average molecular weight is 449 g/mol. The molecule has 0 spiro atoms. The standard InChI is InChI=1S/C23H21ClN6O2/c1-28-19-20(31)27-23(32)29(2)21(19)30(22(28)26-16-9-11-25-12-10-16)13-15-8-7-14-5-3-4-6-17(14)18(15)24/h3-12,22H,13H2,1-2H3,(H,25,26)(H,27,31,32). The average Bonchev–Trinajstić information content (AvgIpc) is 3.07. The number of H-pyrrole nitrogens is 1. The summed E-state index contributed by atoms with van der Waals surface area (Å²) in [5.74, 6) is 0.525. The number of benzene rings is 2. The smallest absolute Gasteiger partial charge is 0.329 e. The Bertz CT molecular complexity index is 1430. The van der Waals surface area contributed by atoms with Crippen LogP contribution in [0.4, 0.5) is 17.2 Å². The summed E-state index contributed by atoms with van der Waals surface area (Å²) in [5.41, 5.74) is 1.23. The van der Waals surface area contributed by atoms with Gasteiger partial charge < -0.3 is 15.1 Å². The van der Waals surface area contributed by atoms with E-state index in [1.54, 1.807) is 19.4 Å². The van der Waals surface area contributed by atoms with E-state index >= 15 is 0 Å². The lowest BCUT2D eigenvalue weighted by Crippen LogP contribution is -2.47. The fourth-order valence-corrected chi connectivity index (χ4v) is 4.50. The Kier molecular flexibility index (Phi) is 4.86. The van der Waals surface area contributed by atoms with Crippen molar-refractivity contribution >= 4 is 39.6 Å². The number of fused-ring (bicyclic) bond motifs is 2. The Hall–Kier alpha value is -3.78. The lowest BCUT2D eigenvalue weighted by atomic mass is 10.1. The highest BCUT2D eigenvalue weighted by atomic mass is 35.5. The van der Waals surface area contributed by atoms with Gasteiger partial charge in [0.2, 0.25) is 0 Å². The summed E-state index contributed by atoms with van der Waals surface area (Å²) in [6.07, 6.45) is 2.96. The third-order valence-corrected chi connectivity index (χ3v) is 6.26. The molecule has 162 valence electrons. The highest BCUT2D eigenvalue weighted by Crippen LogP contribution is 2.37. The number of hydrogen-bond donors (Lipinski definition) is 2. The van der Waals surface area contributed by atoms with Gasteiger partial charge in [0.25, 0.3) is 5.56 Å². The minimum atomic E-state index is -0.471. The van der Waals surface area contributed by atoms with Crippen molar-refractivity contribution in [1.29, 1.82) is 0 Å². The quantitative estimate of drug-likeness (QED) is 0.499. The Labute approximate surface area is 188 Å². The van der Waals surface area contributed by atoms with Crippen LogP contribution in [0.2, 0.25) is 5.02 Å². The van der Waals surface area contributed by atoms with Crippen LogP contribution in [0.5, 0.6) is 0 Å². The Morgan fingerprint density at radius 2 is 1.81 bits per heavy atom. The summed E-state index contributed by atoms with van der Waals surface area (Å²) in [7, 11) is 3.47. The highest BCUT2D eigenvalue weighted by molar-refractivity contribution is 6.36. The van der Waals surface area contributed by atoms with E-state index in [2.05, 4.69) is 15.3 Å². The van der Waals surface area contributed by atoms with Crippen LogP contribution in [0.25, 0.3) is 10.8 Å². The van der Waals surface area contributed by atoms with Gasteiger partial charge in [0.1, 0.15) is 11.5 Å². The van der Waals surface area contributed by atoms with Gasteiger partial charge in [0.05, 0.1) is 5.02 Å². The zero-order valence-electron chi connectivity index (χ0n) is 17.5. The number of nitrogens with one attached hydrogen (secondary N) is 2. The van der Waals surface area contributed by atoms with E-state index in [1.165, 1.54) is 4.57 Å². The molecule has 3 heterocycles. The largest absolute Gasteiger partial charge is 0.348 e. The highest BCUT2D eigenvalue weighted by Gasteiger charge is 2.38. The molecule has 5 rings (SSSR count). The van der Waals surface area contributed by atoms with Crippen LogP contribution < -0.4 is 26.4 Å². The number of pyridine rings is 1. The number of rotatable bonds is 4. The third-order valence-electron chi connectivity index (χ3n) is 5.82. The molecule has 1 unspecified atom stereocenters. The van der Waals surface area contributed by atoms with Crippen LogP contribution in [0.3, 0.4) is 0 Å². The predicted molar refractivity (Wildman–Crippen MR) is 127 cm³/mol. The number of aromatic amines is 1. The van der Waals surface area contributed by atoms with Gasteiger partial charge in [-0.2, -0.15) is 0 Å². The molecule has 9 heteroatoms. The summed E-state index contributed by atoms with van der Waals surface area (Å²) in [4.78, 5) is 35.4. The van der Waals surface area contributed by atoms with Gasteiger partial charge in [-0.3, -0.25) is 19.3 Å². The second-order valence-corrected chi connectivity index (χ2v) is 8.12. The molecule has 2 aromatic heterocycles. The van der Waals surface area contributed by atoms with Crippen LogP contribution in [-0.4, -0.2) is 27.9 Å². The maximum Gasteiger partial charge on any atom is 0.329 e. The van der Waals surface area contributed by atoms with E-state index in [9.17, 15) is 9.59 Å². The molecule has 1 atom stereocenters. The number of halogens is 1. The number of aromatic nitrogens is 3. The van der Waals surface area contributed by atoms with Crippen molar-refractivity contribution in [2.24, 2.45) is 7.05 Å². The lowest BCUT2D eigenvalue weighted by Gasteiger charge is -2.32. The summed E-state index contributed by atoms with van der Waals surface area (Å²) < 4.78 is 1.45. The summed E-state index contributed by atoms with van der Waals surface area (Å²) in [6.45, 7) is 0.389. The first-order valence-corrected chi connectivity index (χ1v) is 10.5. The van der Waals surface area contributed by atoms with Crippen molar-refractivity contribution in [2.75, 3.05) is 22.2 Å². The molecule has 2 N–H and O–H groups in total. The van der Waals surface area contributed by atoms with Gasteiger partial charge in [-0.1, -0.05) is 48.0 Å². The SMILES string of the molecule is CN1c2c(n(C)c(=O)[nH]c2=O)N(Cc2ccc3ccccc3c2Cl)C1Nc1ccncc1. The van der Waals surface area contributed by atoms with Crippen LogP contribution in [0, 0.1) is 0 Å². The van der Waals surface area contributed by atoms with Gasteiger partial charge in [-0.25, -0.2) is 4.79 Å². The fourth-order valence-electron chi connectivity index (χ4n) is 4.21. The Balaban J connectivity index is 1.64. The topological polar surface area (TPSA) is 86.3 Å². The van der Waals surface area contributed by atoms with Crippen LogP contribution in [-0.2, 0) is 13.6 Å². The molecule has 1 aliphatic rings. The molecule has 0 saturated heterocycles. The summed E-state index contributed by atoms with van der Waals surface area (Å²) in [5, 5.41) is 6.10. The molecular weight excluding hydrogens is 428 g/mol. The van der Waals surface area contributed by atoms with Crippen LogP contribution in [0.15, 0.2) is 70.5 Å². The van der Waals surface area contributed by atoms with Gasteiger partial charge in [-0.15, -0.1) is 0 Å². The van der Waals surface area contributed by atoms with Crippen molar-refractivity contribution in [1.82, 2.24) is 14.5 Å². The first-order chi connectivity index (χ1) is 15.5. The maximum absolute atomic E-state index is 12.7. The summed E-state index contributed by atoms with van der Waals surface area (Å²) in [6, 6.07) is 15.6. The molecule has 4 aromatic rings. The van der Waals surface area contributed by atoms with E-state index in [-0.39, 0.29) is 0 Å². The number of hydrogen-bond acceptors (Lipinski definition) is 6. The molecule has 32 heavy (non-hydrogen) atoms. The molecule has 0 radical (unpaired) electrons. The predicted octanol–water partition coefficient (Wildman–Crippen LogP) is 3.13. The minimum Gasteiger partial charge on any atom is -0.348 e. The molecule has 0 saturated carbocycles.